The first-order valence-electron chi connectivity index (χ1n) is 7.25. The minimum absolute atomic E-state index is 0.0497. The second-order valence-corrected chi connectivity index (χ2v) is 5.60. The summed E-state index contributed by atoms with van der Waals surface area (Å²) in [5.74, 6) is 0.199. The number of hydrogen-bond donors (Lipinski definition) is 5. The van der Waals surface area contributed by atoms with Crippen LogP contribution in [0.4, 0.5) is 0 Å². The van der Waals surface area contributed by atoms with Crippen molar-refractivity contribution in [3.8, 4) is 0 Å². The van der Waals surface area contributed by atoms with E-state index in [1.807, 2.05) is 0 Å². The number of nitrogens with one attached hydrogen (secondary N) is 1. The van der Waals surface area contributed by atoms with Crippen LogP contribution in [0.25, 0.3) is 16.9 Å². The Labute approximate surface area is 133 Å². The van der Waals surface area contributed by atoms with E-state index in [-0.39, 0.29) is 23.5 Å². The topological polar surface area (TPSA) is 158 Å². The number of aromatic nitrogens is 5. The van der Waals surface area contributed by atoms with Gasteiger partial charge in [-0.1, -0.05) is 0 Å². The van der Waals surface area contributed by atoms with Gasteiger partial charge in [0.2, 0.25) is 5.78 Å². The molecular formula is C13H15N5O6. The molecule has 1 aliphatic rings. The maximum atomic E-state index is 12.5. The normalized spacial score (nSPS) is 27.5. The molecule has 4 atom stereocenters. The van der Waals surface area contributed by atoms with E-state index in [9.17, 15) is 20.1 Å². The number of nitrogens with zero attached hydrogens (tertiary/aromatic N) is 4. The van der Waals surface area contributed by atoms with Crippen molar-refractivity contribution >= 4 is 16.9 Å². The summed E-state index contributed by atoms with van der Waals surface area (Å²) in [6.07, 6.45) is -1.85. The fraction of sp³-hybridized carbons (Fsp3) is 0.462. The van der Waals surface area contributed by atoms with E-state index in [4.69, 9.17) is 9.84 Å². The molecule has 0 amide bonds. The van der Waals surface area contributed by atoms with Crippen LogP contribution in [0.1, 0.15) is 11.9 Å². The molecule has 3 aromatic heterocycles. The molecule has 4 rings (SSSR count). The number of fused-ring (bicyclic) bond motifs is 2. The molecule has 0 radical (unpaired) electrons. The minimum Gasteiger partial charge on any atom is -0.394 e. The Morgan fingerprint density at radius 1 is 1.29 bits per heavy atom. The maximum Gasteiger partial charge on any atom is 0.287 e. The van der Waals surface area contributed by atoms with E-state index in [0.717, 1.165) is 0 Å². The van der Waals surface area contributed by atoms with Gasteiger partial charge in [0, 0.05) is 6.20 Å². The van der Waals surface area contributed by atoms with Crippen LogP contribution in [0, 0.1) is 0 Å². The number of aliphatic hydroxyl groups excluding tert-OH is 4. The van der Waals surface area contributed by atoms with Gasteiger partial charge in [-0.2, -0.15) is 4.98 Å². The molecule has 0 saturated carbocycles. The third-order valence-electron chi connectivity index (χ3n) is 4.15. The summed E-state index contributed by atoms with van der Waals surface area (Å²) < 4.78 is 8.00. The summed E-state index contributed by atoms with van der Waals surface area (Å²) in [5, 5.41) is 38.3. The quantitative estimate of drug-likeness (QED) is 0.350. The first kappa shape index (κ1) is 15.2. The van der Waals surface area contributed by atoms with Gasteiger partial charge in [0.15, 0.2) is 17.4 Å². The number of hydrogen-bond acceptors (Lipinski definition) is 8. The zero-order valence-electron chi connectivity index (χ0n) is 12.3. The van der Waals surface area contributed by atoms with Gasteiger partial charge in [-0.05, 0) is 0 Å². The Kier molecular flexibility index (Phi) is 3.40. The summed E-state index contributed by atoms with van der Waals surface area (Å²) >= 11 is 0. The molecule has 0 spiro atoms. The highest BCUT2D eigenvalue weighted by molar-refractivity contribution is 5.71. The van der Waals surface area contributed by atoms with Gasteiger partial charge in [0.05, 0.1) is 25.2 Å². The van der Waals surface area contributed by atoms with Crippen molar-refractivity contribution in [3.05, 3.63) is 28.6 Å². The van der Waals surface area contributed by atoms with E-state index >= 15 is 0 Å². The molecule has 1 fully saturated rings. The molecule has 0 bridgehead atoms. The standard InChI is InChI=1S/C13H15N5O6/c19-2-5-1-17-11(23)7-10(16-13(17)15-5)18(4-14-7)12-9(22)8(21)6(3-20)24-12/h1,4,6,8-9,12,19-22H,2-3H2,(H,15,16)/t6-,8-,9-,12-/m1/s1. The monoisotopic (exact) mass is 337 g/mol. The van der Waals surface area contributed by atoms with Gasteiger partial charge >= 0.3 is 0 Å². The SMILES string of the molecule is O=c1c2ncn([C@@H]3O[C@H](CO)[C@@H](O)[C@H]3O)c2nc2[nH]c(CO)cn12. The number of imidazole rings is 2. The minimum atomic E-state index is -1.31. The Balaban J connectivity index is 1.88. The van der Waals surface area contributed by atoms with Gasteiger partial charge in [-0.25, -0.2) is 9.38 Å². The fourth-order valence-corrected chi connectivity index (χ4v) is 2.90. The van der Waals surface area contributed by atoms with Crippen molar-refractivity contribution < 1.29 is 25.2 Å². The predicted octanol–water partition coefficient (Wildman–Crippen LogP) is -2.52. The van der Waals surface area contributed by atoms with Crippen molar-refractivity contribution in [2.75, 3.05) is 6.61 Å². The number of aliphatic hydroxyl groups is 4. The van der Waals surface area contributed by atoms with E-state index in [1.165, 1.54) is 21.5 Å². The molecule has 128 valence electrons. The highest BCUT2D eigenvalue weighted by Gasteiger charge is 2.44. The highest BCUT2D eigenvalue weighted by Crippen LogP contribution is 2.30. The van der Waals surface area contributed by atoms with Crippen LogP contribution < -0.4 is 5.56 Å². The summed E-state index contributed by atoms with van der Waals surface area (Å²) in [6, 6.07) is 0. The second kappa shape index (κ2) is 5.36. The molecule has 24 heavy (non-hydrogen) atoms. The summed E-state index contributed by atoms with van der Waals surface area (Å²) in [6.45, 7) is -0.743. The second-order valence-electron chi connectivity index (χ2n) is 5.60. The van der Waals surface area contributed by atoms with Crippen molar-refractivity contribution in [2.24, 2.45) is 0 Å². The van der Waals surface area contributed by atoms with Crippen molar-refractivity contribution in [1.29, 1.82) is 0 Å². The lowest BCUT2D eigenvalue weighted by Crippen LogP contribution is -2.33. The van der Waals surface area contributed by atoms with Crippen molar-refractivity contribution in [1.82, 2.24) is 23.9 Å². The molecule has 0 unspecified atom stereocenters. The number of ether oxygens (including phenoxy) is 1. The van der Waals surface area contributed by atoms with E-state index < -0.39 is 36.7 Å². The third kappa shape index (κ3) is 2.00. The van der Waals surface area contributed by atoms with Crippen LogP contribution in [-0.4, -0.2) is 69.3 Å². The molecule has 1 aliphatic heterocycles. The smallest absolute Gasteiger partial charge is 0.287 e. The average molecular weight is 337 g/mol. The van der Waals surface area contributed by atoms with Crippen LogP contribution in [-0.2, 0) is 11.3 Å². The summed E-state index contributed by atoms with van der Waals surface area (Å²) in [7, 11) is 0. The Hall–Kier alpha value is -2.31. The van der Waals surface area contributed by atoms with Crippen LogP contribution >= 0.6 is 0 Å². The van der Waals surface area contributed by atoms with Crippen LogP contribution in [0.5, 0.6) is 0 Å². The highest BCUT2D eigenvalue weighted by atomic mass is 16.6. The molecule has 5 N–H and O–H groups in total. The fourth-order valence-electron chi connectivity index (χ4n) is 2.90. The average Bonchev–Trinajstić information content (AvgIpc) is 3.25. The van der Waals surface area contributed by atoms with Crippen molar-refractivity contribution in [3.63, 3.8) is 0 Å². The van der Waals surface area contributed by atoms with Crippen molar-refractivity contribution in [2.45, 2.75) is 31.1 Å². The van der Waals surface area contributed by atoms with Gasteiger partial charge in [0.1, 0.15) is 18.3 Å². The lowest BCUT2D eigenvalue weighted by molar-refractivity contribution is -0.0511. The zero-order chi connectivity index (χ0) is 17.0. The first-order chi connectivity index (χ1) is 11.5. The Morgan fingerprint density at radius 2 is 2.08 bits per heavy atom. The van der Waals surface area contributed by atoms with Gasteiger partial charge in [0.25, 0.3) is 5.56 Å². The van der Waals surface area contributed by atoms with E-state index in [1.54, 1.807) is 0 Å². The molecule has 4 heterocycles. The van der Waals surface area contributed by atoms with Gasteiger partial charge in [-0.15, -0.1) is 0 Å². The van der Waals surface area contributed by atoms with Crippen LogP contribution in [0.15, 0.2) is 17.3 Å². The van der Waals surface area contributed by atoms with Crippen LogP contribution in [0.2, 0.25) is 0 Å². The van der Waals surface area contributed by atoms with Crippen LogP contribution in [0.3, 0.4) is 0 Å². The van der Waals surface area contributed by atoms with Gasteiger partial charge in [-0.3, -0.25) is 9.36 Å². The number of rotatable bonds is 3. The lowest BCUT2D eigenvalue weighted by atomic mass is 10.1. The Morgan fingerprint density at radius 3 is 2.75 bits per heavy atom. The lowest BCUT2D eigenvalue weighted by Gasteiger charge is -2.16. The molecule has 1 saturated heterocycles. The van der Waals surface area contributed by atoms with E-state index in [2.05, 4.69) is 15.0 Å². The van der Waals surface area contributed by atoms with Gasteiger partial charge < -0.3 is 30.1 Å². The van der Waals surface area contributed by atoms with E-state index in [0.29, 0.717) is 5.69 Å². The zero-order valence-corrected chi connectivity index (χ0v) is 12.3. The number of aromatic amines is 1. The Bertz CT molecular complexity index is 961. The maximum absolute atomic E-state index is 12.5. The summed E-state index contributed by atoms with van der Waals surface area (Å²) in [4.78, 5) is 23.6. The number of H-pyrrole nitrogens is 1. The summed E-state index contributed by atoms with van der Waals surface area (Å²) in [5.41, 5.74) is 0.165. The molecule has 0 aliphatic carbocycles. The molecule has 11 nitrogen and oxygen atoms in total. The third-order valence-corrected chi connectivity index (χ3v) is 4.15. The first-order valence-corrected chi connectivity index (χ1v) is 7.25. The molecule has 11 heteroatoms. The molecule has 3 aromatic rings. The largest absolute Gasteiger partial charge is 0.394 e. The molecular weight excluding hydrogens is 322 g/mol. The predicted molar refractivity (Wildman–Crippen MR) is 78.0 cm³/mol. The molecule has 0 aromatic carbocycles.